The van der Waals surface area contributed by atoms with E-state index in [4.69, 9.17) is 14.2 Å². The minimum atomic E-state index is 0.410. The van der Waals surface area contributed by atoms with Crippen LogP contribution >= 0.6 is 0 Å². The molecular weight excluding hydrogens is 354 g/mol. The summed E-state index contributed by atoms with van der Waals surface area (Å²) in [6.45, 7) is 5.62. The second kappa shape index (κ2) is 9.27. The lowest BCUT2D eigenvalue weighted by Gasteiger charge is -2.42. The number of hydrogen-bond acceptors (Lipinski definition) is 6. The molecule has 0 spiro atoms. The molecule has 2 saturated carbocycles. The van der Waals surface area contributed by atoms with Crippen molar-refractivity contribution in [3.8, 4) is 0 Å². The first-order chi connectivity index (χ1) is 13.9. The van der Waals surface area contributed by atoms with Crippen LogP contribution in [0.3, 0.4) is 0 Å². The minimum absolute atomic E-state index is 0.410. The van der Waals surface area contributed by atoms with Gasteiger partial charge in [-0.05, 0) is 81.6 Å². The third-order valence-electron chi connectivity index (χ3n) is 8.11. The van der Waals surface area contributed by atoms with E-state index < -0.39 is 0 Å². The van der Waals surface area contributed by atoms with Gasteiger partial charge in [-0.2, -0.15) is 0 Å². The Labute approximate surface area is 169 Å². The Morgan fingerprint density at radius 1 is 0.679 bits per heavy atom. The first-order valence-corrected chi connectivity index (χ1v) is 11.9. The fraction of sp³-hybridized carbons (Fsp3) is 1.00. The van der Waals surface area contributed by atoms with Gasteiger partial charge in [-0.3, -0.25) is 10.9 Å². The highest BCUT2D eigenvalue weighted by atomic mass is 16.5. The average Bonchev–Trinajstić information content (AvgIpc) is 3.39. The Morgan fingerprint density at radius 3 is 2.54 bits per heavy atom. The van der Waals surface area contributed by atoms with Crippen LogP contribution in [0.25, 0.3) is 0 Å². The molecule has 0 radical (unpaired) electrons. The summed E-state index contributed by atoms with van der Waals surface area (Å²) >= 11 is 0. The van der Waals surface area contributed by atoms with Crippen LogP contribution < -0.4 is 16.2 Å². The van der Waals surface area contributed by atoms with Crippen LogP contribution in [0, 0.1) is 23.7 Å². The highest BCUT2D eigenvalue weighted by molar-refractivity contribution is 5.01. The fourth-order valence-corrected chi connectivity index (χ4v) is 6.63. The lowest BCUT2D eigenvalue weighted by molar-refractivity contribution is -0.0284. The molecular formula is C22H39N3O3. The van der Waals surface area contributed by atoms with Crippen molar-refractivity contribution in [1.82, 2.24) is 16.2 Å². The number of nitrogens with one attached hydrogen (secondary N) is 3. The molecule has 0 aromatic rings. The van der Waals surface area contributed by atoms with Crippen LogP contribution in [0.15, 0.2) is 0 Å². The van der Waals surface area contributed by atoms with E-state index in [0.29, 0.717) is 36.1 Å². The van der Waals surface area contributed by atoms with Gasteiger partial charge >= 0.3 is 0 Å². The Morgan fingerprint density at radius 2 is 1.61 bits per heavy atom. The van der Waals surface area contributed by atoms with Gasteiger partial charge in [0.2, 0.25) is 0 Å². The van der Waals surface area contributed by atoms with Crippen molar-refractivity contribution >= 4 is 0 Å². The molecule has 6 heteroatoms. The van der Waals surface area contributed by atoms with Gasteiger partial charge in [0.15, 0.2) is 0 Å². The number of rotatable bonds is 1. The number of hydrogen-bond donors (Lipinski definition) is 3. The summed E-state index contributed by atoms with van der Waals surface area (Å²) in [6.07, 6.45) is 10.6. The predicted molar refractivity (Wildman–Crippen MR) is 108 cm³/mol. The summed E-state index contributed by atoms with van der Waals surface area (Å²) in [7, 11) is 0. The van der Waals surface area contributed by atoms with Crippen molar-refractivity contribution in [2.24, 2.45) is 23.7 Å². The SMILES string of the molecule is C1CNCCOC2CC(C3CCOC3)CC(C2)C2NNC3CCC(CC32)OC1. The molecule has 3 heterocycles. The number of hydrazine groups is 1. The maximum atomic E-state index is 6.41. The predicted octanol–water partition coefficient (Wildman–Crippen LogP) is 1.85. The highest BCUT2D eigenvalue weighted by Crippen LogP contribution is 2.44. The summed E-state index contributed by atoms with van der Waals surface area (Å²) < 4.78 is 18.4. The smallest absolute Gasteiger partial charge is 0.0594 e. The van der Waals surface area contributed by atoms with Gasteiger partial charge < -0.3 is 19.5 Å². The van der Waals surface area contributed by atoms with Gasteiger partial charge in [0.25, 0.3) is 0 Å². The molecule has 0 aromatic carbocycles. The van der Waals surface area contributed by atoms with Crippen LogP contribution in [0.2, 0.25) is 0 Å². The van der Waals surface area contributed by atoms with E-state index in [1.165, 1.54) is 44.9 Å². The maximum Gasteiger partial charge on any atom is 0.0594 e. The molecule has 28 heavy (non-hydrogen) atoms. The third-order valence-corrected chi connectivity index (χ3v) is 8.11. The van der Waals surface area contributed by atoms with Crippen molar-refractivity contribution in [3.05, 3.63) is 0 Å². The number of fused-ring (bicyclic) bond motifs is 4. The van der Waals surface area contributed by atoms with Gasteiger partial charge in [-0.15, -0.1) is 0 Å². The van der Waals surface area contributed by atoms with Crippen molar-refractivity contribution in [3.63, 3.8) is 0 Å². The van der Waals surface area contributed by atoms with Crippen LogP contribution in [0.5, 0.6) is 0 Å². The van der Waals surface area contributed by atoms with Crippen molar-refractivity contribution < 1.29 is 14.2 Å². The van der Waals surface area contributed by atoms with Crippen molar-refractivity contribution in [2.75, 3.05) is 39.5 Å². The average molecular weight is 394 g/mol. The van der Waals surface area contributed by atoms with E-state index in [-0.39, 0.29) is 0 Å². The van der Waals surface area contributed by atoms with Gasteiger partial charge in [0.05, 0.1) is 18.8 Å². The topological polar surface area (TPSA) is 63.8 Å². The monoisotopic (exact) mass is 393 g/mol. The largest absolute Gasteiger partial charge is 0.381 e. The summed E-state index contributed by atoms with van der Waals surface area (Å²) in [6, 6.07) is 1.19. The summed E-state index contributed by atoms with van der Waals surface area (Å²) in [5.74, 6) is 2.89. The first-order valence-electron chi connectivity index (χ1n) is 11.9. The zero-order valence-corrected chi connectivity index (χ0v) is 17.2. The zero-order valence-electron chi connectivity index (χ0n) is 17.2. The van der Waals surface area contributed by atoms with Crippen LogP contribution in [-0.2, 0) is 14.2 Å². The van der Waals surface area contributed by atoms with Gasteiger partial charge in [-0.25, -0.2) is 0 Å². The van der Waals surface area contributed by atoms with E-state index in [1.807, 2.05) is 0 Å². The molecule has 5 fully saturated rings. The summed E-state index contributed by atoms with van der Waals surface area (Å²) in [4.78, 5) is 0. The molecule has 6 nitrogen and oxygen atoms in total. The van der Waals surface area contributed by atoms with Crippen molar-refractivity contribution in [1.29, 1.82) is 0 Å². The minimum Gasteiger partial charge on any atom is -0.381 e. The molecule has 3 saturated heterocycles. The van der Waals surface area contributed by atoms with E-state index in [1.54, 1.807) is 0 Å². The molecule has 5 aliphatic rings. The van der Waals surface area contributed by atoms with Crippen LogP contribution in [0.1, 0.15) is 51.4 Å². The second-order valence-electron chi connectivity index (χ2n) is 9.84. The van der Waals surface area contributed by atoms with E-state index >= 15 is 0 Å². The summed E-state index contributed by atoms with van der Waals surface area (Å²) in [5, 5.41) is 3.53. The lowest BCUT2D eigenvalue weighted by atomic mass is 9.67. The third kappa shape index (κ3) is 4.42. The second-order valence-corrected chi connectivity index (χ2v) is 9.84. The van der Waals surface area contributed by atoms with E-state index in [9.17, 15) is 0 Å². The first kappa shape index (κ1) is 19.7. The Balaban J connectivity index is 1.32. The lowest BCUT2D eigenvalue weighted by Crippen LogP contribution is -2.45. The standard InChI is InChI=1S/C22H39N3O3/c1-5-23-6-9-28-19-11-16(15-4-8-26-14-15)10-17(12-19)22-20-13-18(27-7-1)2-3-21(20)24-25-22/h15-25H,1-14H2. The molecule has 4 bridgehead atoms. The van der Waals surface area contributed by atoms with Gasteiger partial charge in [0.1, 0.15) is 0 Å². The quantitative estimate of drug-likeness (QED) is 0.632. The molecule has 0 aromatic heterocycles. The van der Waals surface area contributed by atoms with E-state index in [2.05, 4.69) is 16.2 Å². The number of ether oxygens (including phenoxy) is 3. The molecule has 8 atom stereocenters. The van der Waals surface area contributed by atoms with Crippen LogP contribution in [-0.4, -0.2) is 63.8 Å². The summed E-state index contributed by atoms with van der Waals surface area (Å²) in [5.41, 5.74) is 7.40. The van der Waals surface area contributed by atoms with Crippen LogP contribution in [0.4, 0.5) is 0 Å². The highest BCUT2D eigenvalue weighted by Gasteiger charge is 2.47. The van der Waals surface area contributed by atoms with Crippen molar-refractivity contribution in [2.45, 2.75) is 75.7 Å². The molecule has 2 aliphatic carbocycles. The maximum absolute atomic E-state index is 6.41. The molecule has 5 rings (SSSR count). The Hall–Kier alpha value is -0.240. The molecule has 0 amide bonds. The van der Waals surface area contributed by atoms with E-state index in [0.717, 1.165) is 57.8 Å². The Kier molecular flexibility index (Phi) is 6.53. The van der Waals surface area contributed by atoms with Gasteiger partial charge in [0, 0.05) is 38.4 Å². The zero-order chi connectivity index (χ0) is 18.8. The molecule has 3 N–H and O–H groups in total. The Bertz CT molecular complexity index is 501. The molecule has 160 valence electrons. The normalized spacial score (nSPS) is 48.0. The molecule has 8 unspecified atom stereocenters. The fourth-order valence-electron chi connectivity index (χ4n) is 6.63. The van der Waals surface area contributed by atoms with Gasteiger partial charge in [-0.1, -0.05) is 0 Å². The molecule has 3 aliphatic heterocycles.